The molecule has 34 heavy (non-hydrogen) atoms. The molecule has 7 nitrogen and oxygen atoms in total. The Hall–Kier alpha value is -3.01. The lowest BCUT2D eigenvalue weighted by atomic mass is 9.95. The van der Waals surface area contributed by atoms with Gasteiger partial charge in [-0.3, -0.25) is 9.59 Å². The summed E-state index contributed by atoms with van der Waals surface area (Å²) in [4.78, 5) is 28.2. The third-order valence-corrected chi connectivity index (χ3v) is 8.15. The summed E-state index contributed by atoms with van der Waals surface area (Å²) in [5.74, 6) is -0.361. The van der Waals surface area contributed by atoms with Gasteiger partial charge in [-0.2, -0.15) is 0 Å². The van der Waals surface area contributed by atoms with E-state index in [2.05, 4.69) is 10.0 Å². The molecule has 2 N–H and O–H groups in total. The van der Waals surface area contributed by atoms with Crippen LogP contribution in [-0.2, 0) is 27.9 Å². The van der Waals surface area contributed by atoms with Crippen LogP contribution in [0.2, 0.25) is 0 Å². The second kappa shape index (κ2) is 10.9. The highest BCUT2D eigenvalue weighted by Gasteiger charge is 2.28. The van der Waals surface area contributed by atoms with Gasteiger partial charge in [0.25, 0.3) is 5.91 Å². The van der Waals surface area contributed by atoms with Gasteiger partial charge in [-0.15, -0.1) is 11.3 Å². The minimum atomic E-state index is -3.74. The lowest BCUT2D eigenvalue weighted by Crippen LogP contribution is -2.43. The van der Waals surface area contributed by atoms with Crippen LogP contribution in [0, 0.1) is 5.92 Å². The Morgan fingerprint density at radius 2 is 1.71 bits per heavy atom. The van der Waals surface area contributed by atoms with E-state index >= 15 is 0 Å². The van der Waals surface area contributed by atoms with Gasteiger partial charge in [0.05, 0.1) is 4.90 Å². The van der Waals surface area contributed by atoms with Crippen LogP contribution in [0.1, 0.15) is 33.6 Å². The number of benzene rings is 2. The van der Waals surface area contributed by atoms with Crippen LogP contribution in [0.3, 0.4) is 0 Å². The first kappa shape index (κ1) is 24.1. The van der Waals surface area contributed by atoms with Gasteiger partial charge in [-0.25, -0.2) is 13.1 Å². The molecule has 0 unspecified atom stereocenters. The van der Waals surface area contributed by atoms with Crippen LogP contribution in [-0.4, -0.2) is 38.2 Å². The number of piperidine rings is 1. The van der Waals surface area contributed by atoms with Crippen LogP contribution >= 0.6 is 11.3 Å². The van der Waals surface area contributed by atoms with Gasteiger partial charge in [0.2, 0.25) is 15.9 Å². The van der Waals surface area contributed by atoms with Crippen molar-refractivity contribution in [1.82, 2.24) is 14.9 Å². The highest BCUT2D eigenvalue weighted by atomic mass is 32.2. The van der Waals surface area contributed by atoms with E-state index in [9.17, 15) is 18.0 Å². The van der Waals surface area contributed by atoms with E-state index in [4.69, 9.17) is 0 Å². The molecule has 2 heterocycles. The molecule has 1 aliphatic heterocycles. The summed E-state index contributed by atoms with van der Waals surface area (Å²) in [6.07, 6.45) is 1.15. The normalized spacial score (nSPS) is 14.6. The van der Waals surface area contributed by atoms with Crippen molar-refractivity contribution in [2.75, 3.05) is 13.1 Å². The molecule has 0 saturated carbocycles. The van der Waals surface area contributed by atoms with Crippen molar-refractivity contribution < 1.29 is 18.0 Å². The van der Waals surface area contributed by atoms with Crippen molar-refractivity contribution in [2.24, 2.45) is 5.92 Å². The summed E-state index contributed by atoms with van der Waals surface area (Å²) in [6.45, 7) is 1.60. The molecule has 178 valence electrons. The number of amides is 2. The molecular formula is C25H27N3O4S2. The van der Waals surface area contributed by atoms with E-state index in [0.29, 0.717) is 38.0 Å². The van der Waals surface area contributed by atoms with Crippen LogP contribution in [0.25, 0.3) is 0 Å². The van der Waals surface area contributed by atoms with Crippen LogP contribution < -0.4 is 10.0 Å². The fourth-order valence-electron chi connectivity index (χ4n) is 3.92. The molecule has 1 aliphatic rings. The van der Waals surface area contributed by atoms with Crippen molar-refractivity contribution in [3.63, 3.8) is 0 Å². The van der Waals surface area contributed by atoms with Gasteiger partial charge in [0.15, 0.2) is 0 Å². The lowest BCUT2D eigenvalue weighted by Gasteiger charge is -2.31. The van der Waals surface area contributed by atoms with E-state index in [1.54, 1.807) is 17.0 Å². The fourth-order valence-corrected chi connectivity index (χ4v) is 5.70. The molecule has 0 atom stereocenters. The fraction of sp³-hybridized carbons (Fsp3) is 0.280. The summed E-state index contributed by atoms with van der Waals surface area (Å²) < 4.78 is 27.9. The number of nitrogens with one attached hydrogen (secondary N) is 2. The molecule has 1 fully saturated rings. The van der Waals surface area contributed by atoms with Crippen LogP contribution in [0.15, 0.2) is 77.0 Å². The van der Waals surface area contributed by atoms with Gasteiger partial charge in [0, 0.05) is 42.5 Å². The molecule has 1 aromatic heterocycles. The van der Waals surface area contributed by atoms with Gasteiger partial charge < -0.3 is 10.2 Å². The van der Waals surface area contributed by atoms with Crippen molar-refractivity contribution >= 4 is 33.2 Å². The topological polar surface area (TPSA) is 95.6 Å². The Balaban J connectivity index is 1.32. The Labute approximate surface area is 203 Å². The van der Waals surface area contributed by atoms with Gasteiger partial charge in [0.1, 0.15) is 0 Å². The molecule has 0 aliphatic carbocycles. The third kappa shape index (κ3) is 6.11. The Bertz CT molecular complexity index is 1220. The van der Waals surface area contributed by atoms with E-state index in [-0.39, 0.29) is 29.2 Å². The summed E-state index contributed by atoms with van der Waals surface area (Å²) >= 11 is 1.47. The number of rotatable bonds is 8. The predicted octanol–water partition coefficient (Wildman–Crippen LogP) is 3.40. The first-order valence-corrected chi connectivity index (χ1v) is 13.5. The lowest BCUT2D eigenvalue weighted by molar-refractivity contribution is -0.126. The molecule has 1 saturated heterocycles. The molecule has 4 rings (SSSR count). The first-order valence-electron chi connectivity index (χ1n) is 11.2. The maximum absolute atomic E-state index is 13.0. The zero-order valence-corrected chi connectivity index (χ0v) is 20.3. The van der Waals surface area contributed by atoms with E-state index in [1.165, 1.54) is 23.5 Å². The van der Waals surface area contributed by atoms with Gasteiger partial charge >= 0.3 is 0 Å². The standard InChI is InChI=1S/C25H27N3O4S2/c29-24(26-17-19-6-2-1-3-7-19)20-11-13-28(14-12-20)25(30)21-8-4-10-23(16-21)34(31,32)27-18-22-9-5-15-33-22/h1-10,15-16,20,27H,11-14,17-18H2,(H,26,29). The molecule has 9 heteroatoms. The van der Waals surface area contributed by atoms with E-state index in [0.717, 1.165) is 10.4 Å². The summed E-state index contributed by atoms with van der Waals surface area (Å²) in [7, 11) is -3.74. The van der Waals surface area contributed by atoms with E-state index in [1.807, 2.05) is 47.8 Å². The van der Waals surface area contributed by atoms with Crippen molar-refractivity contribution in [3.05, 3.63) is 88.1 Å². The van der Waals surface area contributed by atoms with Crippen molar-refractivity contribution in [1.29, 1.82) is 0 Å². The monoisotopic (exact) mass is 497 g/mol. The van der Waals surface area contributed by atoms with Crippen molar-refractivity contribution in [3.8, 4) is 0 Å². The Kier molecular flexibility index (Phi) is 7.77. The molecule has 0 spiro atoms. The van der Waals surface area contributed by atoms with Crippen LogP contribution in [0.4, 0.5) is 0 Å². The second-order valence-corrected chi connectivity index (χ2v) is 11.0. The maximum atomic E-state index is 13.0. The minimum Gasteiger partial charge on any atom is -0.352 e. The van der Waals surface area contributed by atoms with Gasteiger partial charge in [-0.1, -0.05) is 42.5 Å². The summed E-state index contributed by atoms with van der Waals surface area (Å²) in [5, 5.41) is 4.86. The molecule has 0 bridgehead atoms. The average Bonchev–Trinajstić information content (AvgIpc) is 3.40. The minimum absolute atomic E-state index is 0.000794. The maximum Gasteiger partial charge on any atom is 0.253 e. The smallest absolute Gasteiger partial charge is 0.253 e. The summed E-state index contributed by atoms with van der Waals surface area (Å²) in [5.41, 5.74) is 1.37. The average molecular weight is 498 g/mol. The molecule has 3 aromatic rings. The highest BCUT2D eigenvalue weighted by molar-refractivity contribution is 7.89. The zero-order valence-electron chi connectivity index (χ0n) is 18.6. The molecule has 2 amide bonds. The quantitative estimate of drug-likeness (QED) is 0.499. The number of hydrogen-bond acceptors (Lipinski definition) is 5. The Morgan fingerprint density at radius 1 is 0.941 bits per heavy atom. The highest BCUT2D eigenvalue weighted by Crippen LogP contribution is 2.21. The Morgan fingerprint density at radius 3 is 2.41 bits per heavy atom. The molecule has 0 radical (unpaired) electrons. The first-order chi connectivity index (χ1) is 16.4. The number of carbonyl (C=O) groups is 2. The van der Waals surface area contributed by atoms with E-state index < -0.39 is 10.0 Å². The number of thiophene rings is 1. The number of sulfonamides is 1. The summed E-state index contributed by atoms with van der Waals surface area (Å²) in [6, 6.07) is 19.6. The second-order valence-electron chi connectivity index (χ2n) is 8.20. The number of nitrogens with zero attached hydrogens (tertiary/aromatic N) is 1. The van der Waals surface area contributed by atoms with Crippen molar-refractivity contribution in [2.45, 2.75) is 30.8 Å². The van der Waals surface area contributed by atoms with Gasteiger partial charge in [-0.05, 0) is 48.1 Å². The zero-order chi connectivity index (χ0) is 24.0. The largest absolute Gasteiger partial charge is 0.352 e. The third-order valence-electron chi connectivity index (χ3n) is 5.87. The SMILES string of the molecule is O=C(NCc1ccccc1)C1CCN(C(=O)c2cccc(S(=O)(=O)NCc3cccs3)c2)CC1. The molecule has 2 aromatic carbocycles. The predicted molar refractivity (Wildman–Crippen MR) is 132 cm³/mol. The number of hydrogen-bond donors (Lipinski definition) is 2. The number of likely N-dealkylation sites (tertiary alicyclic amines) is 1. The molecular weight excluding hydrogens is 470 g/mol. The van der Waals surface area contributed by atoms with Crippen LogP contribution in [0.5, 0.6) is 0 Å². The number of carbonyl (C=O) groups excluding carboxylic acids is 2.